The standard InChI is InChI=1S/C11H14BrN3O2/c1-15(2)10(16)5-6-13-11(17)9-4-3-8(12)7-14-9/h3-4,7H,5-6H2,1-2H3,(H,13,17). The van der Waals surface area contributed by atoms with E-state index in [1.165, 1.54) is 4.90 Å². The number of pyridine rings is 1. The largest absolute Gasteiger partial charge is 0.350 e. The predicted molar refractivity (Wildman–Crippen MR) is 67.6 cm³/mol. The molecule has 6 heteroatoms. The van der Waals surface area contributed by atoms with E-state index < -0.39 is 0 Å². The van der Waals surface area contributed by atoms with Crippen LogP contribution in [0.1, 0.15) is 16.9 Å². The molecule has 0 aliphatic carbocycles. The minimum atomic E-state index is -0.274. The highest BCUT2D eigenvalue weighted by atomic mass is 79.9. The van der Waals surface area contributed by atoms with Crippen LogP contribution in [0.2, 0.25) is 0 Å². The van der Waals surface area contributed by atoms with Crippen molar-refractivity contribution in [3.63, 3.8) is 0 Å². The van der Waals surface area contributed by atoms with Gasteiger partial charge in [-0.2, -0.15) is 0 Å². The number of carbonyl (C=O) groups is 2. The Morgan fingerprint density at radius 3 is 2.65 bits per heavy atom. The summed E-state index contributed by atoms with van der Waals surface area (Å²) in [7, 11) is 3.36. The summed E-state index contributed by atoms with van der Waals surface area (Å²) >= 11 is 3.24. The van der Waals surface area contributed by atoms with Crippen LogP contribution in [0.4, 0.5) is 0 Å². The van der Waals surface area contributed by atoms with Crippen LogP contribution in [0.25, 0.3) is 0 Å². The van der Waals surface area contributed by atoms with E-state index in [0.717, 1.165) is 4.47 Å². The minimum absolute atomic E-state index is 0.0194. The fourth-order valence-corrected chi connectivity index (χ4v) is 1.34. The number of amides is 2. The van der Waals surface area contributed by atoms with Crippen molar-refractivity contribution in [1.29, 1.82) is 0 Å². The molecule has 0 fully saturated rings. The molecule has 1 aromatic heterocycles. The number of carbonyl (C=O) groups excluding carboxylic acids is 2. The van der Waals surface area contributed by atoms with Gasteiger partial charge in [-0.15, -0.1) is 0 Å². The molecule has 0 aliphatic rings. The molecular formula is C11H14BrN3O2. The lowest BCUT2D eigenvalue weighted by Gasteiger charge is -2.10. The van der Waals surface area contributed by atoms with Crippen LogP contribution < -0.4 is 5.32 Å². The summed E-state index contributed by atoms with van der Waals surface area (Å²) < 4.78 is 0.817. The van der Waals surface area contributed by atoms with Gasteiger partial charge in [0.15, 0.2) is 0 Å². The van der Waals surface area contributed by atoms with E-state index in [1.54, 1.807) is 32.4 Å². The van der Waals surface area contributed by atoms with Crippen LogP contribution in [0.5, 0.6) is 0 Å². The summed E-state index contributed by atoms with van der Waals surface area (Å²) in [6.45, 7) is 0.313. The van der Waals surface area contributed by atoms with Crippen LogP contribution >= 0.6 is 15.9 Å². The Kier molecular flexibility index (Phi) is 5.09. The Hall–Kier alpha value is -1.43. The van der Waals surface area contributed by atoms with Gasteiger partial charge in [0.05, 0.1) is 0 Å². The zero-order valence-electron chi connectivity index (χ0n) is 9.74. The van der Waals surface area contributed by atoms with Crippen LogP contribution in [-0.2, 0) is 4.79 Å². The molecule has 0 aliphatic heterocycles. The lowest BCUT2D eigenvalue weighted by Crippen LogP contribution is -2.30. The average molecular weight is 300 g/mol. The third kappa shape index (κ3) is 4.52. The summed E-state index contributed by atoms with van der Waals surface area (Å²) in [5, 5.41) is 2.64. The van der Waals surface area contributed by atoms with Gasteiger partial charge in [0.25, 0.3) is 5.91 Å². The number of rotatable bonds is 4. The monoisotopic (exact) mass is 299 g/mol. The van der Waals surface area contributed by atoms with Crippen molar-refractivity contribution in [2.24, 2.45) is 0 Å². The van der Waals surface area contributed by atoms with Gasteiger partial charge in [-0.25, -0.2) is 4.98 Å². The number of nitrogens with zero attached hydrogens (tertiary/aromatic N) is 2. The molecule has 0 bridgehead atoms. The van der Waals surface area contributed by atoms with Gasteiger partial charge >= 0.3 is 0 Å². The van der Waals surface area contributed by atoms with E-state index in [0.29, 0.717) is 12.2 Å². The van der Waals surface area contributed by atoms with Gasteiger partial charge in [-0.1, -0.05) is 0 Å². The van der Waals surface area contributed by atoms with E-state index >= 15 is 0 Å². The maximum Gasteiger partial charge on any atom is 0.269 e. The number of halogens is 1. The maximum atomic E-state index is 11.6. The van der Waals surface area contributed by atoms with Gasteiger partial charge in [0.2, 0.25) is 5.91 Å². The van der Waals surface area contributed by atoms with Crippen molar-refractivity contribution in [1.82, 2.24) is 15.2 Å². The highest BCUT2D eigenvalue weighted by Crippen LogP contribution is 2.07. The molecule has 0 spiro atoms. The van der Waals surface area contributed by atoms with Gasteiger partial charge in [-0.05, 0) is 28.1 Å². The van der Waals surface area contributed by atoms with Crippen molar-refractivity contribution >= 4 is 27.7 Å². The lowest BCUT2D eigenvalue weighted by atomic mass is 10.3. The first-order valence-electron chi connectivity index (χ1n) is 5.10. The smallest absolute Gasteiger partial charge is 0.269 e. The number of hydrogen-bond donors (Lipinski definition) is 1. The fraction of sp³-hybridized carbons (Fsp3) is 0.364. The van der Waals surface area contributed by atoms with Crippen LogP contribution in [-0.4, -0.2) is 42.3 Å². The van der Waals surface area contributed by atoms with E-state index in [4.69, 9.17) is 0 Å². The Bertz CT molecular complexity index is 404. The van der Waals surface area contributed by atoms with Crippen molar-refractivity contribution in [3.05, 3.63) is 28.5 Å². The molecule has 0 unspecified atom stereocenters. The Morgan fingerprint density at radius 1 is 1.41 bits per heavy atom. The molecule has 5 nitrogen and oxygen atoms in total. The zero-order valence-corrected chi connectivity index (χ0v) is 11.3. The third-order valence-corrected chi connectivity index (χ3v) is 2.55. The zero-order chi connectivity index (χ0) is 12.8. The van der Waals surface area contributed by atoms with E-state index in [2.05, 4.69) is 26.2 Å². The second-order valence-electron chi connectivity index (χ2n) is 3.66. The molecule has 92 valence electrons. The topological polar surface area (TPSA) is 62.3 Å². The summed E-state index contributed by atoms with van der Waals surface area (Å²) in [5.74, 6) is -0.293. The van der Waals surface area contributed by atoms with Crippen molar-refractivity contribution in [2.75, 3.05) is 20.6 Å². The van der Waals surface area contributed by atoms with E-state index in [-0.39, 0.29) is 18.2 Å². The molecule has 1 heterocycles. The van der Waals surface area contributed by atoms with Crippen molar-refractivity contribution in [3.8, 4) is 0 Å². The molecule has 17 heavy (non-hydrogen) atoms. The Morgan fingerprint density at radius 2 is 2.12 bits per heavy atom. The fourth-order valence-electron chi connectivity index (χ4n) is 1.11. The Balaban J connectivity index is 2.40. The van der Waals surface area contributed by atoms with Gasteiger partial charge in [-0.3, -0.25) is 9.59 Å². The summed E-state index contributed by atoms with van der Waals surface area (Å²) in [6, 6.07) is 3.36. The molecule has 0 atom stereocenters. The van der Waals surface area contributed by atoms with E-state index in [9.17, 15) is 9.59 Å². The second kappa shape index (κ2) is 6.34. The lowest BCUT2D eigenvalue weighted by molar-refractivity contribution is -0.128. The minimum Gasteiger partial charge on any atom is -0.350 e. The molecule has 1 rings (SSSR count). The van der Waals surface area contributed by atoms with Crippen LogP contribution in [0.3, 0.4) is 0 Å². The molecule has 1 N–H and O–H groups in total. The maximum absolute atomic E-state index is 11.6. The van der Waals surface area contributed by atoms with Gasteiger partial charge in [0.1, 0.15) is 5.69 Å². The number of aromatic nitrogens is 1. The molecule has 0 aromatic carbocycles. The first-order valence-corrected chi connectivity index (χ1v) is 5.90. The number of hydrogen-bond acceptors (Lipinski definition) is 3. The normalized spacial score (nSPS) is 9.82. The molecular weight excluding hydrogens is 286 g/mol. The molecule has 0 saturated carbocycles. The highest BCUT2D eigenvalue weighted by Gasteiger charge is 2.08. The SMILES string of the molecule is CN(C)C(=O)CCNC(=O)c1ccc(Br)cn1. The predicted octanol–water partition coefficient (Wildman–Crippen LogP) is 1.05. The van der Waals surface area contributed by atoms with E-state index in [1.807, 2.05) is 0 Å². The summed E-state index contributed by atoms with van der Waals surface area (Å²) in [4.78, 5) is 28.3. The first kappa shape index (κ1) is 13.6. The number of nitrogens with one attached hydrogen (secondary N) is 1. The molecule has 0 radical (unpaired) electrons. The van der Waals surface area contributed by atoms with Crippen LogP contribution in [0, 0.1) is 0 Å². The summed E-state index contributed by atoms with van der Waals surface area (Å²) in [5.41, 5.74) is 0.338. The highest BCUT2D eigenvalue weighted by molar-refractivity contribution is 9.10. The van der Waals surface area contributed by atoms with Gasteiger partial charge in [0, 0.05) is 37.7 Å². The average Bonchev–Trinajstić information content (AvgIpc) is 2.29. The van der Waals surface area contributed by atoms with Crippen LogP contribution in [0.15, 0.2) is 22.8 Å². The molecule has 2 amide bonds. The quantitative estimate of drug-likeness (QED) is 0.904. The first-order chi connectivity index (χ1) is 8.00. The second-order valence-corrected chi connectivity index (χ2v) is 4.57. The molecule has 0 saturated heterocycles. The summed E-state index contributed by atoms with van der Waals surface area (Å²) in [6.07, 6.45) is 1.84. The molecule has 1 aromatic rings. The van der Waals surface area contributed by atoms with Crippen molar-refractivity contribution in [2.45, 2.75) is 6.42 Å². The third-order valence-electron chi connectivity index (χ3n) is 2.08. The van der Waals surface area contributed by atoms with Gasteiger partial charge < -0.3 is 10.2 Å². The Labute approximate surface area is 108 Å². The van der Waals surface area contributed by atoms with Crippen molar-refractivity contribution < 1.29 is 9.59 Å².